The molecule has 0 aliphatic carbocycles. The van der Waals surface area contributed by atoms with Crippen LogP contribution in [0, 0.1) is 6.92 Å². The minimum atomic E-state index is 0.00786. The van der Waals surface area contributed by atoms with E-state index in [1.807, 2.05) is 48.7 Å². The summed E-state index contributed by atoms with van der Waals surface area (Å²) in [6.45, 7) is 2.63. The van der Waals surface area contributed by atoms with Crippen LogP contribution < -0.4 is 5.32 Å². The monoisotopic (exact) mass is 326 g/mol. The van der Waals surface area contributed by atoms with Crippen LogP contribution in [0.1, 0.15) is 22.8 Å². The summed E-state index contributed by atoms with van der Waals surface area (Å²) >= 11 is 1.64. The fraction of sp³-hybridized carbons (Fsp3) is 0.222. The number of amides is 1. The van der Waals surface area contributed by atoms with E-state index < -0.39 is 0 Å². The van der Waals surface area contributed by atoms with Gasteiger partial charge in [-0.3, -0.25) is 4.79 Å². The number of carbonyl (C=O) groups is 1. The highest BCUT2D eigenvalue weighted by Crippen LogP contribution is 2.21. The summed E-state index contributed by atoms with van der Waals surface area (Å²) in [6, 6.07) is 12.1. The maximum atomic E-state index is 11.8. The Morgan fingerprint density at radius 3 is 2.83 bits per heavy atom. The zero-order valence-corrected chi connectivity index (χ0v) is 13.7. The predicted molar refractivity (Wildman–Crippen MR) is 91.2 cm³/mol. The van der Waals surface area contributed by atoms with Gasteiger partial charge in [-0.05, 0) is 18.4 Å². The molecule has 4 nitrogen and oxygen atoms in total. The number of rotatable bonds is 6. The summed E-state index contributed by atoms with van der Waals surface area (Å²) in [5.74, 6) is 1.33. The predicted octanol–water partition coefficient (Wildman–Crippen LogP) is 3.96. The van der Waals surface area contributed by atoms with E-state index in [-0.39, 0.29) is 5.91 Å². The standard InChI is InChI=1S/C18H18N2O2S/c1-13-4-6-14(7-5-13)16-12-20-18(22-16)9-8-17(21)19-11-15-3-2-10-23-15/h2-7,10,12H,8-9,11H2,1H3,(H,19,21). The Morgan fingerprint density at radius 2 is 2.09 bits per heavy atom. The molecule has 0 bridgehead atoms. The van der Waals surface area contributed by atoms with Crippen molar-refractivity contribution in [2.75, 3.05) is 0 Å². The molecule has 3 rings (SSSR count). The van der Waals surface area contributed by atoms with Crippen LogP contribution in [0.15, 0.2) is 52.4 Å². The fourth-order valence-electron chi connectivity index (χ4n) is 2.18. The summed E-state index contributed by atoms with van der Waals surface area (Å²) in [4.78, 5) is 17.3. The van der Waals surface area contributed by atoms with Gasteiger partial charge in [-0.25, -0.2) is 4.98 Å². The summed E-state index contributed by atoms with van der Waals surface area (Å²) in [6.07, 6.45) is 2.59. The van der Waals surface area contributed by atoms with Crippen molar-refractivity contribution >= 4 is 17.2 Å². The smallest absolute Gasteiger partial charge is 0.220 e. The van der Waals surface area contributed by atoms with Crippen LogP contribution in [0.3, 0.4) is 0 Å². The van der Waals surface area contributed by atoms with Crippen molar-refractivity contribution < 1.29 is 9.21 Å². The van der Waals surface area contributed by atoms with Gasteiger partial charge in [0.05, 0.1) is 12.7 Å². The molecule has 3 aromatic rings. The van der Waals surface area contributed by atoms with Gasteiger partial charge in [0.2, 0.25) is 5.91 Å². The number of nitrogens with zero attached hydrogens (tertiary/aromatic N) is 1. The van der Waals surface area contributed by atoms with E-state index in [2.05, 4.69) is 10.3 Å². The van der Waals surface area contributed by atoms with Crippen LogP contribution in [0.5, 0.6) is 0 Å². The van der Waals surface area contributed by atoms with E-state index in [0.29, 0.717) is 25.3 Å². The zero-order chi connectivity index (χ0) is 16.1. The molecule has 2 aromatic heterocycles. The Morgan fingerprint density at radius 1 is 1.26 bits per heavy atom. The first-order valence-electron chi connectivity index (χ1n) is 7.51. The number of oxazole rings is 1. The Kier molecular flexibility index (Phi) is 4.88. The number of hydrogen-bond donors (Lipinski definition) is 1. The topological polar surface area (TPSA) is 55.1 Å². The van der Waals surface area contributed by atoms with Crippen molar-refractivity contribution in [3.63, 3.8) is 0 Å². The lowest BCUT2D eigenvalue weighted by Gasteiger charge is -2.02. The SMILES string of the molecule is Cc1ccc(-c2cnc(CCC(=O)NCc3cccs3)o2)cc1. The van der Waals surface area contributed by atoms with Gasteiger partial charge >= 0.3 is 0 Å². The molecule has 118 valence electrons. The molecule has 0 saturated heterocycles. The van der Waals surface area contributed by atoms with Crippen molar-refractivity contribution in [2.24, 2.45) is 0 Å². The van der Waals surface area contributed by atoms with Crippen LogP contribution in [0.2, 0.25) is 0 Å². The van der Waals surface area contributed by atoms with Crippen LogP contribution in [-0.2, 0) is 17.8 Å². The molecule has 0 atom stereocenters. The van der Waals surface area contributed by atoms with E-state index >= 15 is 0 Å². The molecule has 0 saturated carbocycles. The molecule has 0 radical (unpaired) electrons. The average molecular weight is 326 g/mol. The number of aromatic nitrogens is 1. The van der Waals surface area contributed by atoms with Gasteiger partial charge in [-0.2, -0.15) is 0 Å². The Hall–Kier alpha value is -2.40. The Labute approximate surface area is 139 Å². The van der Waals surface area contributed by atoms with Crippen molar-refractivity contribution in [1.82, 2.24) is 10.3 Å². The lowest BCUT2D eigenvalue weighted by molar-refractivity contribution is -0.121. The third kappa shape index (κ3) is 4.29. The lowest BCUT2D eigenvalue weighted by Crippen LogP contribution is -2.22. The molecule has 23 heavy (non-hydrogen) atoms. The molecule has 2 heterocycles. The molecule has 0 fully saturated rings. The molecular weight excluding hydrogens is 308 g/mol. The molecular formula is C18H18N2O2S. The molecule has 0 aliphatic rings. The van der Waals surface area contributed by atoms with Crippen molar-refractivity contribution in [1.29, 1.82) is 0 Å². The molecule has 5 heteroatoms. The number of aryl methyl sites for hydroxylation is 2. The number of hydrogen-bond acceptors (Lipinski definition) is 4. The van der Waals surface area contributed by atoms with E-state index in [1.54, 1.807) is 17.5 Å². The first kappa shape index (κ1) is 15.5. The van der Waals surface area contributed by atoms with Gasteiger partial charge in [0, 0.05) is 23.3 Å². The van der Waals surface area contributed by atoms with E-state index in [4.69, 9.17) is 4.42 Å². The second-order valence-electron chi connectivity index (χ2n) is 5.34. The van der Waals surface area contributed by atoms with E-state index in [9.17, 15) is 4.79 Å². The van der Waals surface area contributed by atoms with Gasteiger partial charge in [0.1, 0.15) is 0 Å². The van der Waals surface area contributed by atoms with E-state index in [0.717, 1.165) is 16.2 Å². The van der Waals surface area contributed by atoms with Gasteiger partial charge in [0.25, 0.3) is 0 Å². The molecule has 0 spiro atoms. The largest absolute Gasteiger partial charge is 0.441 e. The van der Waals surface area contributed by atoms with Crippen molar-refractivity contribution in [3.8, 4) is 11.3 Å². The summed E-state index contributed by atoms with van der Waals surface area (Å²) in [7, 11) is 0. The third-order valence-electron chi connectivity index (χ3n) is 3.50. The molecule has 1 amide bonds. The summed E-state index contributed by atoms with van der Waals surface area (Å²) < 4.78 is 5.72. The summed E-state index contributed by atoms with van der Waals surface area (Å²) in [5, 5.41) is 4.90. The summed E-state index contributed by atoms with van der Waals surface area (Å²) in [5.41, 5.74) is 2.20. The number of nitrogens with one attached hydrogen (secondary N) is 1. The highest BCUT2D eigenvalue weighted by molar-refractivity contribution is 7.09. The minimum absolute atomic E-state index is 0.00786. The van der Waals surface area contributed by atoms with Crippen LogP contribution >= 0.6 is 11.3 Å². The Bertz CT molecular complexity index is 761. The first-order valence-corrected chi connectivity index (χ1v) is 8.39. The maximum absolute atomic E-state index is 11.8. The second kappa shape index (κ2) is 7.24. The lowest BCUT2D eigenvalue weighted by atomic mass is 10.1. The van der Waals surface area contributed by atoms with Gasteiger partial charge in [-0.1, -0.05) is 35.9 Å². The fourth-order valence-corrected chi connectivity index (χ4v) is 2.83. The highest BCUT2D eigenvalue weighted by atomic mass is 32.1. The highest BCUT2D eigenvalue weighted by Gasteiger charge is 2.09. The molecule has 1 N–H and O–H groups in total. The number of benzene rings is 1. The van der Waals surface area contributed by atoms with Gasteiger partial charge < -0.3 is 9.73 Å². The van der Waals surface area contributed by atoms with E-state index in [1.165, 1.54) is 5.56 Å². The van der Waals surface area contributed by atoms with Crippen molar-refractivity contribution in [2.45, 2.75) is 26.3 Å². The first-order chi connectivity index (χ1) is 11.2. The van der Waals surface area contributed by atoms with Crippen LogP contribution in [-0.4, -0.2) is 10.9 Å². The normalized spacial score (nSPS) is 10.7. The third-order valence-corrected chi connectivity index (χ3v) is 4.37. The van der Waals surface area contributed by atoms with Crippen molar-refractivity contribution in [3.05, 3.63) is 64.3 Å². The minimum Gasteiger partial charge on any atom is -0.441 e. The van der Waals surface area contributed by atoms with Crippen LogP contribution in [0.4, 0.5) is 0 Å². The quantitative estimate of drug-likeness (QED) is 0.746. The average Bonchev–Trinajstić information content (AvgIpc) is 3.23. The van der Waals surface area contributed by atoms with Gasteiger partial charge in [-0.15, -0.1) is 11.3 Å². The molecule has 0 aliphatic heterocycles. The molecule has 0 unspecified atom stereocenters. The Balaban J connectivity index is 1.50. The van der Waals surface area contributed by atoms with Crippen LogP contribution in [0.25, 0.3) is 11.3 Å². The maximum Gasteiger partial charge on any atom is 0.220 e. The molecule has 1 aromatic carbocycles. The number of carbonyl (C=O) groups excluding carboxylic acids is 1. The van der Waals surface area contributed by atoms with Gasteiger partial charge in [0.15, 0.2) is 11.7 Å². The second-order valence-corrected chi connectivity index (χ2v) is 6.37. The number of thiophene rings is 1. The zero-order valence-electron chi connectivity index (χ0n) is 12.9.